The molecule has 2 aliphatic heterocycles. The zero-order valence-electron chi connectivity index (χ0n) is 18.0. The fourth-order valence-corrected chi connectivity index (χ4v) is 6.21. The summed E-state index contributed by atoms with van der Waals surface area (Å²) < 4.78 is 27.4. The Morgan fingerprint density at radius 3 is 2.47 bits per heavy atom. The van der Waals surface area contributed by atoms with E-state index in [0.717, 1.165) is 31.2 Å². The second-order valence-corrected chi connectivity index (χ2v) is 11.3. The summed E-state index contributed by atoms with van der Waals surface area (Å²) in [7, 11) is -2.21. The first-order valence-electron chi connectivity index (χ1n) is 10.8. The highest BCUT2D eigenvalue weighted by molar-refractivity contribution is 8.01. The number of hydrogen-bond acceptors (Lipinski definition) is 5. The fraction of sp³-hybridized carbons (Fsp3) is 0.391. The van der Waals surface area contributed by atoms with E-state index in [4.69, 9.17) is 0 Å². The van der Waals surface area contributed by atoms with Crippen LogP contribution in [0.25, 0.3) is 0 Å². The van der Waals surface area contributed by atoms with Gasteiger partial charge in [-0.2, -0.15) is 4.31 Å². The average Bonchev–Trinajstić information content (AvgIpc) is 3.08. The Hall–Kier alpha value is -2.36. The topological polar surface area (TPSA) is 86.8 Å². The van der Waals surface area contributed by atoms with Gasteiger partial charge in [-0.05, 0) is 36.6 Å². The molecule has 0 spiro atoms. The molecule has 0 aromatic heterocycles. The van der Waals surface area contributed by atoms with E-state index in [1.807, 2.05) is 30.3 Å². The number of sulfonamides is 1. The number of rotatable bonds is 5. The van der Waals surface area contributed by atoms with E-state index < -0.39 is 21.2 Å². The minimum Gasteiger partial charge on any atom is -0.341 e. The number of benzene rings is 2. The van der Waals surface area contributed by atoms with Crippen LogP contribution in [-0.2, 0) is 26.2 Å². The Morgan fingerprint density at radius 1 is 1.09 bits per heavy atom. The molecule has 2 aromatic rings. The maximum atomic E-state index is 13.1. The molecule has 4 rings (SSSR count). The quantitative estimate of drug-likeness (QED) is 0.673. The van der Waals surface area contributed by atoms with Crippen molar-refractivity contribution in [1.29, 1.82) is 0 Å². The maximum Gasteiger partial charge on any atom is 0.247 e. The minimum atomic E-state index is -3.74. The second kappa shape index (κ2) is 9.64. The average molecular weight is 474 g/mol. The van der Waals surface area contributed by atoms with Gasteiger partial charge < -0.3 is 10.2 Å². The lowest BCUT2D eigenvalue weighted by Crippen LogP contribution is -2.45. The lowest BCUT2D eigenvalue weighted by Gasteiger charge is -2.29. The van der Waals surface area contributed by atoms with E-state index >= 15 is 0 Å². The summed E-state index contributed by atoms with van der Waals surface area (Å²) >= 11 is 1.19. The van der Waals surface area contributed by atoms with Gasteiger partial charge in [0.15, 0.2) is 5.25 Å². The van der Waals surface area contributed by atoms with Gasteiger partial charge in [-0.15, -0.1) is 11.8 Å². The van der Waals surface area contributed by atoms with Crippen LogP contribution in [0.4, 0.5) is 5.69 Å². The molecule has 0 aliphatic carbocycles. The van der Waals surface area contributed by atoms with Crippen molar-refractivity contribution >= 4 is 39.3 Å². The van der Waals surface area contributed by atoms with Crippen molar-refractivity contribution in [3.8, 4) is 0 Å². The van der Waals surface area contributed by atoms with Crippen LogP contribution in [0.5, 0.6) is 0 Å². The SMILES string of the molecule is CN(Cc1ccccc1)S(=O)(=O)c1ccc2c(c1)NC(=O)[C@H](C(=O)N1CCCCCC1)S2. The van der Waals surface area contributed by atoms with Gasteiger partial charge in [0.05, 0.1) is 10.6 Å². The Kier molecular flexibility index (Phi) is 6.88. The van der Waals surface area contributed by atoms with Crippen LogP contribution in [0.3, 0.4) is 0 Å². The van der Waals surface area contributed by atoms with Gasteiger partial charge in [-0.25, -0.2) is 8.42 Å². The second-order valence-electron chi connectivity index (χ2n) is 8.13. The van der Waals surface area contributed by atoms with Gasteiger partial charge >= 0.3 is 0 Å². The van der Waals surface area contributed by atoms with Gasteiger partial charge in [0.25, 0.3) is 0 Å². The molecular weight excluding hydrogens is 446 g/mol. The van der Waals surface area contributed by atoms with Crippen LogP contribution in [0.2, 0.25) is 0 Å². The molecule has 1 atom stereocenters. The van der Waals surface area contributed by atoms with Gasteiger partial charge in [-0.1, -0.05) is 43.2 Å². The van der Waals surface area contributed by atoms with Gasteiger partial charge in [0.1, 0.15) is 0 Å². The third kappa shape index (κ3) is 4.84. The molecule has 0 radical (unpaired) electrons. The fourth-order valence-electron chi connectivity index (χ4n) is 3.97. The lowest BCUT2D eigenvalue weighted by atomic mass is 10.2. The molecular formula is C23H27N3O4S2. The van der Waals surface area contributed by atoms with Crippen molar-refractivity contribution in [3.05, 3.63) is 54.1 Å². The first-order chi connectivity index (χ1) is 15.4. The highest BCUT2D eigenvalue weighted by Crippen LogP contribution is 2.38. The van der Waals surface area contributed by atoms with Crippen LogP contribution < -0.4 is 5.32 Å². The number of amides is 2. The summed E-state index contributed by atoms with van der Waals surface area (Å²) in [5.74, 6) is -0.566. The predicted molar refractivity (Wildman–Crippen MR) is 125 cm³/mol. The summed E-state index contributed by atoms with van der Waals surface area (Å²) in [5, 5.41) is 1.91. The minimum absolute atomic E-state index is 0.105. The molecule has 1 N–H and O–H groups in total. The molecule has 1 fully saturated rings. The smallest absolute Gasteiger partial charge is 0.247 e. The summed E-state index contributed by atoms with van der Waals surface area (Å²) in [6.45, 7) is 1.61. The number of anilines is 1. The highest BCUT2D eigenvalue weighted by Gasteiger charge is 2.36. The molecule has 2 aromatic carbocycles. The van der Waals surface area contributed by atoms with Gasteiger partial charge in [-0.3, -0.25) is 9.59 Å². The lowest BCUT2D eigenvalue weighted by molar-refractivity contribution is -0.133. The zero-order chi connectivity index (χ0) is 22.7. The molecule has 2 aliphatic rings. The van der Waals surface area contributed by atoms with E-state index in [0.29, 0.717) is 23.7 Å². The van der Waals surface area contributed by atoms with Crippen LogP contribution in [0, 0.1) is 0 Å². The largest absolute Gasteiger partial charge is 0.341 e. The van der Waals surface area contributed by atoms with Gasteiger partial charge in [0.2, 0.25) is 21.8 Å². The Balaban J connectivity index is 1.51. The molecule has 0 bridgehead atoms. The Labute approximate surface area is 193 Å². The molecule has 2 heterocycles. The molecule has 170 valence electrons. The number of likely N-dealkylation sites (tertiary alicyclic amines) is 1. The van der Waals surface area contributed by atoms with E-state index in [1.165, 1.54) is 35.2 Å². The van der Waals surface area contributed by atoms with Crippen molar-refractivity contribution < 1.29 is 18.0 Å². The van der Waals surface area contributed by atoms with Crippen molar-refractivity contribution in [2.75, 3.05) is 25.5 Å². The number of fused-ring (bicyclic) bond motifs is 1. The number of thioether (sulfide) groups is 1. The van der Waals surface area contributed by atoms with Crippen LogP contribution >= 0.6 is 11.8 Å². The first-order valence-corrected chi connectivity index (χ1v) is 13.1. The van der Waals surface area contributed by atoms with Crippen molar-refractivity contribution in [1.82, 2.24) is 9.21 Å². The maximum absolute atomic E-state index is 13.1. The standard InChI is InChI=1S/C23H27N3O4S2/c1-25(16-17-9-5-4-6-10-17)32(29,30)18-11-12-20-19(15-18)24-22(27)21(31-20)23(28)26-13-7-2-3-8-14-26/h4-6,9-12,15,21H,2-3,7-8,13-14,16H2,1H3,(H,24,27)/t21-/m1/s1. The third-order valence-electron chi connectivity index (χ3n) is 5.79. The molecule has 7 nitrogen and oxygen atoms in total. The third-order valence-corrected chi connectivity index (χ3v) is 8.85. The highest BCUT2D eigenvalue weighted by atomic mass is 32.2. The zero-order valence-corrected chi connectivity index (χ0v) is 19.6. The van der Waals surface area contributed by atoms with Crippen LogP contribution in [-0.4, -0.2) is 54.8 Å². The summed E-state index contributed by atoms with van der Waals surface area (Å²) in [4.78, 5) is 28.3. The van der Waals surface area contributed by atoms with Crippen LogP contribution in [0.1, 0.15) is 31.2 Å². The molecule has 9 heteroatoms. The van der Waals surface area contributed by atoms with E-state index in [-0.39, 0.29) is 17.3 Å². The molecule has 1 saturated heterocycles. The summed E-state index contributed by atoms with van der Waals surface area (Å²) in [6, 6.07) is 14.0. The number of carbonyl (C=O) groups is 2. The van der Waals surface area contributed by atoms with E-state index in [9.17, 15) is 18.0 Å². The van der Waals surface area contributed by atoms with E-state index in [2.05, 4.69) is 5.32 Å². The molecule has 0 unspecified atom stereocenters. The van der Waals surface area contributed by atoms with Crippen molar-refractivity contribution in [3.63, 3.8) is 0 Å². The van der Waals surface area contributed by atoms with Crippen molar-refractivity contribution in [2.24, 2.45) is 0 Å². The normalized spacial score (nSPS) is 19.2. The number of nitrogens with zero attached hydrogens (tertiary/aromatic N) is 2. The summed E-state index contributed by atoms with van der Waals surface area (Å²) in [6.07, 6.45) is 4.12. The molecule has 2 amide bonds. The number of nitrogens with one attached hydrogen (secondary N) is 1. The number of hydrogen-bond donors (Lipinski definition) is 1. The predicted octanol–water partition coefficient (Wildman–Crippen LogP) is 3.32. The van der Waals surface area contributed by atoms with Crippen LogP contribution in [0.15, 0.2) is 58.3 Å². The number of carbonyl (C=O) groups excluding carboxylic acids is 2. The molecule has 32 heavy (non-hydrogen) atoms. The van der Waals surface area contributed by atoms with Crippen molar-refractivity contribution in [2.45, 2.75) is 47.3 Å². The monoisotopic (exact) mass is 473 g/mol. The Morgan fingerprint density at radius 2 is 1.78 bits per heavy atom. The molecule has 0 saturated carbocycles. The summed E-state index contributed by atoms with van der Waals surface area (Å²) in [5.41, 5.74) is 1.31. The van der Waals surface area contributed by atoms with E-state index in [1.54, 1.807) is 11.0 Å². The van der Waals surface area contributed by atoms with Gasteiger partial charge in [0, 0.05) is 31.6 Å². The first kappa shape index (κ1) is 22.8. The Bertz CT molecular complexity index is 1100.